The van der Waals surface area contributed by atoms with Crippen LogP contribution in [0.1, 0.15) is 18.5 Å². The largest absolute Gasteiger partial charge is 0.453 e. The zero-order valence-electron chi connectivity index (χ0n) is 17.4. The molecule has 158 valence electrons. The molecule has 0 atom stereocenters. The maximum Gasteiger partial charge on any atom is 0.262 e. The highest BCUT2D eigenvalue weighted by atomic mass is 19.1. The van der Waals surface area contributed by atoms with E-state index in [9.17, 15) is 9.18 Å². The van der Waals surface area contributed by atoms with E-state index < -0.39 is 5.82 Å². The van der Waals surface area contributed by atoms with Crippen molar-refractivity contribution in [2.24, 2.45) is 7.05 Å². The minimum Gasteiger partial charge on any atom is -0.453 e. The van der Waals surface area contributed by atoms with Crippen molar-refractivity contribution >= 4 is 17.0 Å². The Labute approximate surface area is 177 Å². The van der Waals surface area contributed by atoms with Gasteiger partial charge in [0.25, 0.3) is 5.56 Å². The molecule has 0 saturated heterocycles. The van der Waals surface area contributed by atoms with Crippen molar-refractivity contribution in [3.63, 3.8) is 0 Å². The van der Waals surface area contributed by atoms with Crippen LogP contribution in [0.15, 0.2) is 41.5 Å². The Morgan fingerprint density at radius 3 is 2.77 bits per heavy atom. The molecule has 0 aliphatic heterocycles. The van der Waals surface area contributed by atoms with E-state index in [-0.39, 0.29) is 11.3 Å². The minimum atomic E-state index is -0.579. The monoisotopic (exact) mass is 420 g/mol. The summed E-state index contributed by atoms with van der Waals surface area (Å²) in [4.78, 5) is 23.5. The second-order valence-corrected chi connectivity index (χ2v) is 7.78. The van der Waals surface area contributed by atoms with Gasteiger partial charge in [-0.05, 0) is 43.5 Å². The van der Waals surface area contributed by atoms with Gasteiger partial charge in [0.2, 0.25) is 5.95 Å². The van der Waals surface area contributed by atoms with Gasteiger partial charge in [0, 0.05) is 38.2 Å². The van der Waals surface area contributed by atoms with Crippen LogP contribution in [0.25, 0.3) is 22.2 Å². The number of H-pyrrole nitrogens is 1. The van der Waals surface area contributed by atoms with Crippen molar-refractivity contribution in [3.8, 4) is 22.6 Å². The zero-order chi connectivity index (χ0) is 21.7. The van der Waals surface area contributed by atoms with Gasteiger partial charge >= 0.3 is 0 Å². The average Bonchev–Trinajstić information content (AvgIpc) is 3.54. The summed E-state index contributed by atoms with van der Waals surface area (Å²) in [5, 5.41) is 7.63. The van der Waals surface area contributed by atoms with Gasteiger partial charge in [-0.3, -0.25) is 14.5 Å². The van der Waals surface area contributed by atoms with Crippen molar-refractivity contribution < 1.29 is 9.13 Å². The number of aromatic nitrogens is 5. The van der Waals surface area contributed by atoms with Crippen LogP contribution in [-0.2, 0) is 7.05 Å². The average molecular weight is 420 g/mol. The molecular formula is C22H21FN6O2. The van der Waals surface area contributed by atoms with Crippen LogP contribution in [0.2, 0.25) is 0 Å². The first-order valence-electron chi connectivity index (χ1n) is 10.0. The Hall–Kier alpha value is -3.75. The van der Waals surface area contributed by atoms with Crippen molar-refractivity contribution in [3.05, 3.63) is 58.5 Å². The number of fused-ring (bicyclic) bond motifs is 1. The van der Waals surface area contributed by atoms with E-state index in [0.717, 1.165) is 18.5 Å². The number of pyridine rings is 1. The molecule has 0 amide bonds. The number of ether oxygens (including phenoxy) is 1. The van der Waals surface area contributed by atoms with Gasteiger partial charge in [-0.2, -0.15) is 5.10 Å². The Kier molecular flexibility index (Phi) is 4.46. The topological polar surface area (TPSA) is 88.9 Å². The summed E-state index contributed by atoms with van der Waals surface area (Å²) in [6.45, 7) is 1.84. The summed E-state index contributed by atoms with van der Waals surface area (Å²) in [6, 6.07) is 6.54. The molecule has 31 heavy (non-hydrogen) atoms. The van der Waals surface area contributed by atoms with E-state index in [2.05, 4.69) is 20.2 Å². The van der Waals surface area contributed by atoms with E-state index in [1.165, 1.54) is 22.9 Å². The standard InChI is InChI=1S/C22H21FN6O2/c1-12-19-18(8-9-24-20(19)27-26-12)31-17-7-4-13(10-16(17)23)15-11-25-22(29(3)21(15)30)28(2)14-5-6-14/h4,7-11,14H,5-6H2,1-3H3,(H,24,26,27). The predicted molar refractivity (Wildman–Crippen MR) is 115 cm³/mol. The predicted octanol–water partition coefficient (Wildman–Crippen LogP) is 3.56. The molecule has 1 N–H and O–H groups in total. The Morgan fingerprint density at radius 2 is 2.03 bits per heavy atom. The lowest BCUT2D eigenvalue weighted by Crippen LogP contribution is -2.30. The molecule has 4 aromatic rings. The summed E-state index contributed by atoms with van der Waals surface area (Å²) >= 11 is 0. The SMILES string of the molecule is Cc1[nH]nc2nccc(Oc3ccc(-c4cnc(N(C)C5CC5)n(C)c4=O)cc3F)c12. The number of hydrogen-bond donors (Lipinski definition) is 1. The van der Waals surface area contributed by atoms with Gasteiger partial charge in [-0.25, -0.2) is 14.4 Å². The fourth-order valence-electron chi connectivity index (χ4n) is 3.70. The molecule has 5 rings (SSSR count). The number of aromatic amines is 1. The highest BCUT2D eigenvalue weighted by Crippen LogP contribution is 2.33. The molecule has 0 bridgehead atoms. The maximum absolute atomic E-state index is 14.9. The van der Waals surface area contributed by atoms with Crippen LogP contribution in [0.5, 0.6) is 11.5 Å². The number of aryl methyl sites for hydroxylation is 1. The Bertz CT molecular complexity index is 1360. The van der Waals surface area contributed by atoms with Gasteiger partial charge in [0.1, 0.15) is 5.75 Å². The minimum absolute atomic E-state index is 0.0479. The summed E-state index contributed by atoms with van der Waals surface area (Å²) in [5.74, 6) is 0.526. The first-order valence-corrected chi connectivity index (χ1v) is 10.0. The molecule has 0 unspecified atom stereocenters. The van der Waals surface area contributed by atoms with Crippen molar-refractivity contribution in [1.82, 2.24) is 24.7 Å². The number of halogens is 1. The smallest absolute Gasteiger partial charge is 0.262 e. The fourth-order valence-corrected chi connectivity index (χ4v) is 3.70. The summed E-state index contributed by atoms with van der Waals surface area (Å²) < 4.78 is 22.2. The van der Waals surface area contributed by atoms with E-state index in [1.54, 1.807) is 25.4 Å². The molecule has 1 saturated carbocycles. The lowest BCUT2D eigenvalue weighted by atomic mass is 10.1. The molecule has 1 aliphatic carbocycles. The molecule has 1 aromatic carbocycles. The van der Waals surface area contributed by atoms with Crippen LogP contribution < -0.4 is 15.2 Å². The van der Waals surface area contributed by atoms with E-state index >= 15 is 0 Å². The molecule has 1 fully saturated rings. The second kappa shape index (κ2) is 7.19. The van der Waals surface area contributed by atoms with Crippen LogP contribution >= 0.6 is 0 Å². The van der Waals surface area contributed by atoms with Crippen LogP contribution in [0.4, 0.5) is 10.3 Å². The zero-order valence-corrected chi connectivity index (χ0v) is 17.4. The van der Waals surface area contributed by atoms with Crippen molar-refractivity contribution in [2.75, 3.05) is 11.9 Å². The molecule has 3 aromatic heterocycles. The van der Waals surface area contributed by atoms with Crippen molar-refractivity contribution in [1.29, 1.82) is 0 Å². The quantitative estimate of drug-likeness (QED) is 0.531. The number of hydrogen-bond acceptors (Lipinski definition) is 6. The number of nitrogens with one attached hydrogen (secondary N) is 1. The van der Waals surface area contributed by atoms with E-state index in [4.69, 9.17) is 4.74 Å². The highest BCUT2D eigenvalue weighted by molar-refractivity contribution is 5.84. The second-order valence-electron chi connectivity index (χ2n) is 7.78. The van der Waals surface area contributed by atoms with Gasteiger partial charge in [-0.15, -0.1) is 0 Å². The van der Waals surface area contributed by atoms with Crippen LogP contribution in [0.3, 0.4) is 0 Å². The van der Waals surface area contributed by atoms with E-state index in [1.807, 2.05) is 18.9 Å². The third-order valence-electron chi connectivity index (χ3n) is 5.61. The Morgan fingerprint density at radius 1 is 1.23 bits per heavy atom. The number of anilines is 1. The van der Waals surface area contributed by atoms with Gasteiger partial charge in [-0.1, -0.05) is 6.07 Å². The maximum atomic E-state index is 14.9. The number of rotatable bonds is 5. The molecular weight excluding hydrogens is 399 g/mol. The first kappa shape index (κ1) is 19.2. The van der Waals surface area contributed by atoms with Gasteiger partial charge in [0.15, 0.2) is 17.2 Å². The molecule has 8 nitrogen and oxygen atoms in total. The third kappa shape index (κ3) is 3.31. The summed E-state index contributed by atoms with van der Waals surface area (Å²) in [5.41, 5.74) is 1.82. The fraction of sp³-hybridized carbons (Fsp3) is 0.273. The van der Waals surface area contributed by atoms with Crippen LogP contribution in [-0.4, -0.2) is 37.8 Å². The molecule has 3 heterocycles. The Balaban J connectivity index is 1.48. The molecule has 1 aliphatic rings. The van der Waals surface area contributed by atoms with Crippen LogP contribution in [0, 0.1) is 12.7 Å². The highest BCUT2D eigenvalue weighted by Gasteiger charge is 2.29. The van der Waals surface area contributed by atoms with E-state index in [0.29, 0.717) is 39.9 Å². The summed E-state index contributed by atoms with van der Waals surface area (Å²) in [7, 11) is 3.62. The lowest BCUT2D eigenvalue weighted by molar-refractivity contribution is 0.446. The number of nitrogens with zero attached hydrogens (tertiary/aromatic N) is 5. The summed E-state index contributed by atoms with van der Waals surface area (Å²) in [6.07, 6.45) is 5.26. The lowest BCUT2D eigenvalue weighted by Gasteiger charge is -2.20. The normalized spacial score (nSPS) is 13.5. The molecule has 0 radical (unpaired) electrons. The third-order valence-corrected chi connectivity index (χ3v) is 5.61. The molecule has 0 spiro atoms. The number of benzene rings is 1. The first-order chi connectivity index (χ1) is 14.9. The molecule has 9 heteroatoms. The van der Waals surface area contributed by atoms with Crippen molar-refractivity contribution in [2.45, 2.75) is 25.8 Å². The van der Waals surface area contributed by atoms with Gasteiger partial charge < -0.3 is 9.64 Å². The van der Waals surface area contributed by atoms with Gasteiger partial charge in [0.05, 0.1) is 10.9 Å².